The summed E-state index contributed by atoms with van der Waals surface area (Å²) in [6, 6.07) is 2.13. The zero-order valence-corrected chi connectivity index (χ0v) is 11.7. The van der Waals surface area contributed by atoms with Crippen LogP contribution in [0.25, 0.3) is 0 Å². The fourth-order valence-corrected chi connectivity index (χ4v) is 2.05. The van der Waals surface area contributed by atoms with Crippen LogP contribution in [0, 0.1) is 11.8 Å². The third-order valence-corrected chi connectivity index (χ3v) is 3.53. The summed E-state index contributed by atoms with van der Waals surface area (Å²) in [6.07, 6.45) is -2.39. The quantitative estimate of drug-likeness (QED) is 0.830. The monoisotopic (exact) mass is 287 g/mol. The lowest BCUT2D eigenvalue weighted by Crippen LogP contribution is -2.12. The number of rotatable bonds is 6. The van der Waals surface area contributed by atoms with Gasteiger partial charge in [-0.2, -0.15) is 13.2 Å². The lowest BCUT2D eigenvalue weighted by atomic mass is 10.2. The van der Waals surface area contributed by atoms with Crippen molar-refractivity contribution in [2.45, 2.75) is 32.9 Å². The van der Waals surface area contributed by atoms with Gasteiger partial charge in [-0.15, -0.1) is 0 Å². The molecular weight excluding hydrogens is 267 g/mol. The topological polar surface area (TPSA) is 37.0 Å². The van der Waals surface area contributed by atoms with Crippen molar-refractivity contribution in [3.8, 4) is 0 Å². The van der Waals surface area contributed by atoms with E-state index < -0.39 is 11.7 Å². The van der Waals surface area contributed by atoms with E-state index in [2.05, 4.69) is 22.5 Å². The van der Waals surface area contributed by atoms with Crippen molar-refractivity contribution in [1.29, 1.82) is 0 Å². The van der Waals surface area contributed by atoms with Gasteiger partial charge in [-0.1, -0.05) is 13.8 Å². The molecule has 1 aromatic rings. The van der Waals surface area contributed by atoms with Crippen LogP contribution in [0.5, 0.6) is 0 Å². The summed E-state index contributed by atoms with van der Waals surface area (Å²) in [7, 11) is 0. The third kappa shape index (κ3) is 4.02. The molecule has 2 rings (SSSR count). The van der Waals surface area contributed by atoms with Gasteiger partial charge in [0.25, 0.3) is 0 Å². The van der Waals surface area contributed by atoms with Crippen molar-refractivity contribution in [2.75, 3.05) is 23.7 Å². The van der Waals surface area contributed by atoms with E-state index >= 15 is 0 Å². The van der Waals surface area contributed by atoms with Crippen LogP contribution in [0.2, 0.25) is 0 Å². The normalized spacial score (nSPS) is 21.6. The molecular formula is C14H20F3N3. The first-order valence-corrected chi connectivity index (χ1v) is 6.97. The molecule has 2 N–H and O–H groups in total. The lowest BCUT2D eigenvalue weighted by molar-refractivity contribution is -0.137. The van der Waals surface area contributed by atoms with Crippen LogP contribution in [0.3, 0.4) is 0 Å². The number of pyridine rings is 1. The number of hydrogen-bond acceptors (Lipinski definition) is 3. The maximum absolute atomic E-state index is 12.9. The van der Waals surface area contributed by atoms with Gasteiger partial charge < -0.3 is 10.6 Å². The summed E-state index contributed by atoms with van der Waals surface area (Å²) >= 11 is 0. The van der Waals surface area contributed by atoms with E-state index in [9.17, 15) is 13.2 Å². The van der Waals surface area contributed by atoms with Gasteiger partial charge in [-0.25, -0.2) is 4.98 Å². The minimum atomic E-state index is -4.35. The van der Waals surface area contributed by atoms with Crippen molar-refractivity contribution >= 4 is 11.6 Å². The number of nitrogens with one attached hydrogen (secondary N) is 2. The van der Waals surface area contributed by atoms with Gasteiger partial charge in [0, 0.05) is 13.1 Å². The molecule has 0 saturated heterocycles. The highest BCUT2D eigenvalue weighted by Gasteiger charge is 2.33. The summed E-state index contributed by atoms with van der Waals surface area (Å²) in [6.45, 7) is 5.38. The molecule has 112 valence electrons. The Bertz CT molecular complexity index is 459. The van der Waals surface area contributed by atoms with Gasteiger partial charge in [0.05, 0.1) is 5.56 Å². The van der Waals surface area contributed by atoms with E-state index in [4.69, 9.17) is 0 Å². The number of anilines is 2. The van der Waals surface area contributed by atoms with Crippen molar-refractivity contribution in [1.82, 2.24) is 4.98 Å². The summed E-state index contributed by atoms with van der Waals surface area (Å²) in [5.41, 5.74) is -0.669. The minimum absolute atomic E-state index is 0.271. The molecule has 2 unspecified atom stereocenters. The molecule has 0 aromatic carbocycles. The largest absolute Gasteiger partial charge is 0.416 e. The predicted octanol–water partition coefficient (Wildman–Crippen LogP) is 3.99. The Morgan fingerprint density at radius 1 is 1.25 bits per heavy atom. The Labute approximate surface area is 117 Å². The zero-order chi connectivity index (χ0) is 14.8. The predicted molar refractivity (Wildman–Crippen MR) is 73.8 cm³/mol. The number of aromatic nitrogens is 1. The van der Waals surface area contributed by atoms with E-state index in [0.717, 1.165) is 25.0 Å². The van der Waals surface area contributed by atoms with Crippen molar-refractivity contribution in [2.24, 2.45) is 11.8 Å². The molecule has 0 bridgehead atoms. The van der Waals surface area contributed by atoms with Gasteiger partial charge in [0.2, 0.25) is 0 Å². The molecule has 0 radical (unpaired) electrons. The molecule has 0 amide bonds. The van der Waals surface area contributed by atoms with Gasteiger partial charge in [0.1, 0.15) is 11.6 Å². The molecule has 6 heteroatoms. The molecule has 1 fully saturated rings. The second-order valence-electron chi connectivity index (χ2n) is 5.40. The van der Waals surface area contributed by atoms with Crippen molar-refractivity contribution < 1.29 is 13.2 Å². The number of halogens is 3. The number of hydrogen-bond donors (Lipinski definition) is 2. The molecule has 1 aliphatic rings. The average molecular weight is 287 g/mol. The number of alkyl halides is 3. The van der Waals surface area contributed by atoms with Gasteiger partial charge in [-0.05, 0) is 36.8 Å². The van der Waals surface area contributed by atoms with Crippen molar-refractivity contribution in [3.63, 3.8) is 0 Å². The Hall–Kier alpha value is -1.46. The van der Waals surface area contributed by atoms with E-state index in [0.29, 0.717) is 24.9 Å². The Morgan fingerprint density at radius 3 is 2.35 bits per heavy atom. The summed E-state index contributed by atoms with van der Waals surface area (Å²) in [4.78, 5) is 4.19. The Morgan fingerprint density at radius 2 is 1.85 bits per heavy atom. The third-order valence-electron chi connectivity index (χ3n) is 3.53. The highest BCUT2D eigenvalue weighted by Crippen LogP contribution is 2.38. The Balaban J connectivity index is 2.11. The van der Waals surface area contributed by atoms with Gasteiger partial charge in [0.15, 0.2) is 0 Å². The van der Waals surface area contributed by atoms with Crippen LogP contribution >= 0.6 is 0 Å². The molecule has 2 atom stereocenters. The first kappa shape index (κ1) is 14.9. The molecule has 1 aromatic heterocycles. The molecule has 0 spiro atoms. The van der Waals surface area contributed by atoms with E-state index in [-0.39, 0.29) is 11.6 Å². The van der Waals surface area contributed by atoms with E-state index in [1.165, 1.54) is 0 Å². The van der Waals surface area contributed by atoms with Crippen LogP contribution < -0.4 is 10.6 Å². The molecule has 1 saturated carbocycles. The smallest absolute Gasteiger partial charge is 0.370 e. The maximum atomic E-state index is 12.9. The highest BCUT2D eigenvalue weighted by atomic mass is 19.4. The van der Waals surface area contributed by atoms with Crippen LogP contribution in [0.1, 0.15) is 32.3 Å². The fraction of sp³-hybridized carbons (Fsp3) is 0.643. The SMILES string of the molecule is CCCNc1cc(C(F)(F)F)cc(NCC2CC2C)n1. The standard InChI is InChI=1S/C14H20F3N3/c1-3-4-18-12-6-11(14(15,16)17)7-13(20-12)19-8-10-5-9(10)2/h6-7,9-10H,3-5,8H2,1-2H3,(H2,18,19,20). The van der Waals surface area contributed by atoms with E-state index in [1.807, 2.05) is 6.92 Å². The molecule has 1 aliphatic carbocycles. The van der Waals surface area contributed by atoms with Crippen molar-refractivity contribution in [3.05, 3.63) is 17.7 Å². The fourth-order valence-electron chi connectivity index (χ4n) is 2.05. The molecule has 1 heterocycles. The van der Waals surface area contributed by atoms with Crippen LogP contribution in [-0.4, -0.2) is 18.1 Å². The average Bonchev–Trinajstić information content (AvgIpc) is 3.09. The summed E-state index contributed by atoms with van der Waals surface area (Å²) in [5, 5.41) is 5.92. The first-order chi connectivity index (χ1) is 9.40. The second kappa shape index (κ2) is 5.89. The zero-order valence-electron chi connectivity index (χ0n) is 11.7. The highest BCUT2D eigenvalue weighted by molar-refractivity contribution is 5.49. The minimum Gasteiger partial charge on any atom is -0.370 e. The first-order valence-electron chi connectivity index (χ1n) is 6.97. The van der Waals surface area contributed by atoms with E-state index in [1.54, 1.807) is 0 Å². The molecule has 3 nitrogen and oxygen atoms in total. The van der Waals surface area contributed by atoms with Crippen LogP contribution in [-0.2, 0) is 6.18 Å². The summed E-state index contributed by atoms with van der Waals surface area (Å²) in [5.74, 6) is 1.77. The van der Waals surface area contributed by atoms with Crippen LogP contribution in [0.4, 0.5) is 24.8 Å². The van der Waals surface area contributed by atoms with Gasteiger partial charge in [-0.3, -0.25) is 0 Å². The Kier molecular flexibility index (Phi) is 4.40. The van der Waals surface area contributed by atoms with Crippen LogP contribution in [0.15, 0.2) is 12.1 Å². The van der Waals surface area contributed by atoms with Gasteiger partial charge >= 0.3 is 6.18 Å². The maximum Gasteiger partial charge on any atom is 0.416 e. The second-order valence-corrected chi connectivity index (χ2v) is 5.40. The molecule has 0 aliphatic heterocycles. The number of nitrogens with zero attached hydrogens (tertiary/aromatic N) is 1. The lowest BCUT2D eigenvalue weighted by Gasteiger charge is -2.13. The molecule has 20 heavy (non-hydrogen) atoms. The summed E-state index contributed by atoms with van der Waals surface area (Å²) < 4.78 is 38.6.